The number of methoxy groups -OCH3 is 1. The molecule has 1 unspecified atom stereocenters. The molecule has 1 atom stereocenters. The molecule has 1 aromatic carbocycles. The predicted molar refractivity (Wildman–Crippen MR) is 87.5 cm³/mol. The summed E-state index contributed by atoms with van der Waals surface area (Å²) in [5.74, 6) is 0.908. The Morgan fingerprint density at radius 3 is 2.75 bits per heavy atom. The third-order valence-electron chi connectivity index (χ3n) is 3.17. The van der Waals surface area contributed by atoms with Crippen molar-refractivity contribution in [3.8, 4) is 5.75 Å². The zero-order chi connectivity index (χ0) is 14.7. The smallest absolute Gasteiger partial charge is 0.123 e. The van der Waals surface area contributed by atoms with Crippen LogP contribution in [0.5, 0.6) is 5.75 Å². The number of thiazole rings is 1. The van der Waals surface area contributed by atoms with E-state index >= 15 is 0 Å². The van der Waals surface area contributed by atoms with E-state index in [1.54, 1.807) is 18.4 Å². The van der Waals surface area contributed by atoms with E-state index in [1.165, 1.54) is 4.88 Å². The summed E-state index contributed by atoms with van der Waals surface area (Å²) >= 11 is 5.26. The second-order valence-corrected chi connectivity index (χ2v) is 6.89. The Morgan fingerprint density at radius 2 is 2.15 bits per heavy atom. The largest absolute Gasteiger partial charge is 0.496 e. The summed E-state index contributed by atoms with van der Waals surface area (Å²) in [7, 11) is 1.70. The van der Waals surface area contributed by atoms with Gasteiger partial charge in [0.05, 0.1) is 17.8 Å². The van der Waals surface area contributed by atoms with Crippen LogP contribution >= 0.6 is 27.3 Å². The predicted octanol–water partition coefficient (Wildman–Crippen LogP) is 4.38. The lowest BCUT2D eigenvalue weighted by Gasteiger charge is -2.15. The van der Waals surface area contributed by atoms with Crippen LogP contribution in [0.2, 0.25) is 0 Å². The molecular weight excluding hydrogens is 336 g/mol. The molecule has 0 aliphatic carbocycles. The third-order valence-corrected chi connectivity index (χ3v) is 4.92. The molecule has 0 spiro atoms. The van der Waals surface area contributed by atoms with Crippen LogP contribution in [-0.4, -0.2) is 12.1 Å². The van der Waals surface area contributed by atoms with Gasteiger partial charge in [0.1, 0.15) is 5.75 Å². The van der Waals surface area contributed by atoms with Gasteiger partial charge >= 0.3 is 0 Å². The first-order valence-electron chi connectivity index (χ1n) is 6.51. The first-order valence-corrected chi connectivity index (χ1v) is 8.12. The van der Waals surface area contributed by atoms with Crippen LogP contribution in [0.15, 0.2) is 22.7 Å². The Hall–Kier alpha value is -0.910. The summed E-state index contributed by atoms with van der Waals surface area (Å²) in [6, 6.07) is 6.34. The fourth-order valence-corrected chi connectivity index (χ4v) is 3.55. The number of nitrogens with zero attached hydrogens (tertiary/aromatic N) is 1. The van der Waals surface area contributed by atoms with Crippen LogP contribution in [0.25, 0.3) is 0 Å². The maximum absolute atomic E-state index is 5.40. The fourth-order valence-electron chi connectivity index (χ4n) is 2.19. The van der Waals surface area contributed by atoms with Gasteiger partial charge in [0, 0.05) is 27.5 Å². The number of hydrogen-bond donors (Lipinski definition) is 1. The number of rotatable bonds is 5. The van der Waals surface area contributed by atoms with E-state index in [4.69, 9.17) is 4.74 Å². The molecule has 0 radical (unpaired) electrons. The second-order valence-electron chi connectivity index (χ2n) is 4.74. The topological polar surface area (TPSA) is 34.1 Å². The van der Waals surface area contributed by atoms with Gasteiger partial charge in [-0.3, -0.25) is 0 Å². The van der Waals surface area contributed by atoms with Crippen molar-refractivity contribution < 1.29 is 4.74 Å². The number of benzene rings is 1. The first kappa shape index (κ1) is 15.5. The minimum absolute atomic E-state index is 0.282. The highest BCUT2D eigenvalue weighted by Crippen LogP contribution is 2.27. The third kappa shape index (κ3) is 3.59. The van der Waals surface area contributed by atoms with Crippen molar-refractivity contribution in [1.82, 2.24) is 10.3 Å². The van der Waals surface area contributed by atoms with Gasteiger partial charge in [-0.1, -0.05) is 15.9 Å². The maximum Gasteiger partial charge on any atom is 0.123 e. The minimum atomic E-state index is 0.282. The number of hydrogen-bond acceptors (Lipinski definition) is 4. The van der Waals surface area contributed by atoms with E-state index in [9.17, 15) is 0 Å². The van der Waals surface area contributed by atoms with E-state index < -0.39 is 0 Å². The lowest BCUT2D eigenvalue weighted by Crippen LogP contribution is -2.18. The molecule has 3 nitrogen and oxygen atoms in total. The van der Waals surface area contributed by atoms with Gasteiger partial charge in [0.25, 0.3) is 0 Å². The molecule has 0 saturated heterocycles. The second kappa shape index (κ2) is 6.70. The van der Waals surface area contributed by atoms with E-state index in [2.05, 4.69) is 46.1 Å². The molecule has 2 aromatic rings. The number of aryl methyl sites for hydroxylation is 2. The molecule has 0 amide bonds. The average Bonchev–Trinajstić information content (AvgIpc) is 2.75. The van der Waals surface area contributed by atoms with Crippen molar-refractivity contribution in [3.05, 3.63) is 43.8 Å². The van der Waals surface area contributed by atoms with E-state index in [0.29, 0.717) is 0 Å². The number of aromatic nitrogens is 1. The molecule has 1 N–H and O–H groups in total. The van der Waals surface area contributed by atoms with Crippen molar-refractivity contribution in [1.29, 1.82) is 0 Å². The van der Waals surface area contributed by atoms with E-state index in [-0.39, 0.29) is 6.04 Å². The minimum Gasteiger partial charge on any atom is -0.496 e. The van der Waals surface area contributed by atoms with E-state index in [0.717, 1.165) is 33.0 Å². The molecule has 0 aliphatic heterocycles. The van der Waals surface area contributed by atoms with Crippen LogP contribution in [0.1, 0.15) is 34.1 Å². The van der Waals surface area contributed by atoms with Crippen LogP contribution in [-0.2, 0) is 6.54 Å². The van der Waals surface area contributed by atoms with E-state index in [1.807, 2.05) is 19.1 Å². The summed E-state index contributed by atoms with van der Waals surface area (Å²) in [5.41, 5.74) is 2.27. The highest BCUT2D eigenvalue weighted by molar-refractivity contribution is 9.10. The van der Waals surface area contributed by atoms with Gasteiger partial charge in [0.2, 0.25) is 0 Å². The summed E-state index contributed by atoms with van der Waals surface area (Å²) < 4.78 is 6.46. The highest BCUT2D eigenvalue weighted by Gasteiger charge is 2.13. The van der Waals surface area contributed by atoms with Crippen molar-refractivity contribution in [2.75, 3.05) is 7.11 Å². The number of nitrogens with one attached hydrogen (secondary N) is 1. The molecule has 0 bridgehead atoms. The standard InChI is InChI=1S/C15H19BrN2OS/c1-9(15-10(2)18-11(3)20-15)17-8-12-7-13(16)5-6-14(12)19-4/h5-7,9,17H,8H2,1-4H3. The van der Waals surface area contributed by atoms with Crippen LogP contribution < -0.4 is 10.1 Å². The lowest BCUT2D eigenvalue weighted by molar-refractivity contribution is 0.406. The molecule has 1 heterocycles. The van der Waals surface area contributed by atoms with Gasteiger partial charge < -0.3 is 10.1 Å². The molecule has 0 fully saturated rings. The van der Waals surface area contributed by atoms with Crippen molar-refractivity contribution in [3.63, 3.8) is 0 Å². The number of ether oxygens (including phenoxy) is 1. The Balaban J connectivity index is 2.08. The zero-order valence-corrected chi connectivity index (χ0v) is 14.6. The Kier molecular flexibility index (Phi) is 5.18. The first-order chi connectivity index (χ1) is 9.51. The molecule has 2 rings (SSSR count). The molecule has 108 valence electrons. The monoisotopic (exact) mass is 354 g/mol. The summed E-state index contributed by atoms with van der Waals surface area (Å²) in [4.78, 5) is 5.78. The SMILES string of the molecule is COc1ccc(Br)cc1CNC(C)c1sc(C)nc1C. The zero-order valence-electron chi connectivity index (χ0n) is 12.2. The fraction of sp³-hybridized carbons (Fsp3) is 0.400. The van der Waals surface area contributed by atoms with Crippen LogP contribution in [0, 0.1) is 13.8 Å². The Labute approximate surface area is 132 Å². The van der Waals surface area contributed by atoms with Crippen molar-refractivity contribution >= 4 is 27.3 Å². The molecular formula is C15H19BrN2OS. The average molecular weight is 355 g/mol. The molecule has 20 heavy (non-hydrogen) atoms. The van der Waals surface area contributed by atoms with Gasteiger partial charge in [0.15, 0.2) is 0 Å². The quantitative estimate of drug-likeness (QED) is 0.864. The van der Waals surface area contributed by atoms with Crippen molar-refractivity contribution in [2.24, 2.45) is 0 Å². The van der Waals surface area contributed by atoms with Gasteiger partial charge in [-0.05, 0) is 39.0 Å². The molecule has 5 heteroatoms. The summed E-state index contributed by atoms with van der Waals surface area (Å²) in [6.45, 7) is 7.05. The Morgan fingerprint density at radius 1 is 1.40 bits per heavy atom. The van der Waals surface area contributed by atoms with Crippen LogP contribution in [0.4, 0.5) is 0 Å². The maximum atomic E-state index is 5.40. The van der Waals surface area contributed by atoms with Gasteiger partial charge in [-0.25, -0.2) is 4.98 Å². The molecule has 1 aromatic heterocycles. The summed E-state index contributed by atoms with van der Waals surface area (Å²) in [5, 5.41) is 4.66. The number of halogens is 1. The normalized spacial score (nSPS) is 12.4. The molecule has 0 aliphatic rings. The Bertz CT molecular complexity index is 598. The van der Waals surface area contributed by atoms with Gasteiger partial charge in [-0.2, -0.15) is 0 Å². The highest BCUT2D eigenvalue weighted by atomic mass is 79.9. The van der Waals surface area contributed by atoms with Crippen molar-refractivity contribution in [2.45, 2.75) is 33.4 Å². The van der Waals surface area contributed by atoms with Gasteiger partial charge in [-0.15, -0.1) is 11.3 Å². The summed E-state index contributed by atoms with van der Waals surface area (Å²) in [6.07, 6.45) is 0. The van der Waals surface area contributed by atoms with Crippen LogP contribution in [0.3, 0.4) is 0 Å². The lowest BCUT2D eigenvalue weighted by atomic mass is 10.1. The molecule has 0 saturated carbocycles.